The van der Waals surface area contributed by atoms with Crippen LogP contribution in [-0.4, -0.2) is 9.55 Å². The number of aromatic nitrogens is 2. The van der Waals surface area contributed by atoms with Gasteiger partial charge in [-0.1, -0.05) is 64.1 Å². The molecule has 0 radical (unpaired) electrons. The Hall–Kier alpha value is -3.13. The first kappa shape index (κ1) is 19.2. The maximum Gasteiger partial charge on any atom is 0.0702 e. The van der Waals surface area contributed by atoms with Crippen molar-refractivity contribution in [2.75, 3.05) is 0 Å². The fraction of sp³-hybridized carbons (Fsp3) is 0.222. The van der Waals surface area contributed by atoms with E-state index < -0.39 is 0 Å². The number of hydrogen-bond donors (Lipinski definition) is 0. The van der Waals surface area contributed by atoms with Gasteiger partial charge in [-0.15, -0.1) is 0 Å². The molecule has 0 aliphatic carbocycles. The van der Waals surface area contributed by atoms with Crippen LogP contribution < -0.4 is 0 Å². The van der Waals surface area contributed by atoms with Crippen LogP contribution in [0.2, 0.25) is 0 Å². The summed E-state index contributed by atoms with van der Waals surface area (Å²) in [7, 11) is 0. The predicted molar refractivity (Wildman–Crippen MR) is 123 cm³/mol. The summed E-state index contributed by atoms with van der Waals surface area (Å²) in [4.78, 5) is 4.60. The molecular formula is C27H28N2. The molecule has 0 saturated carbocycles. The predicted octanol–water partition coefficient (Wildman–Crippen LogP) is 7.45. The molecule has 0 aliphatic rings. The molecule has 2 heterocycles. The lowest BCUT2D eigenvalue weighted by molar-refractivity contribution is 0.808. The van der Waals surface area contributed by atoms with Crippen molar-refractivity contribution in [1.82, 2.24) is 9.55 Å². The van der Waals surface area contributed by atoms with Crippen LogP contribution in [-0.2, 0) is 0 Å². The molecule has 0 saturated heterocycles. The molecule has 0 N–H and O–H groups in total. The molecule has 0 bridgehead atoms. The number of nitrogens with zero attached hydrogens (tertiary/aromatic N) is 2. The molecule has 29 heavy (non-hydrogen) atoms. The number of rotatable bonds is 5. The van der Waals surface area contributed by atoms with E-state index in [1.165, 1.54) is 33.6 Å². The van der Waals surface area contributed by atoms with E-state index in [1.54, 1.807) is 0 Å². The van der Waals surface area contributed by atoms with Gasteiger partial charge in [0.1, 0.15) is 0 Å². The molecule has 0 aliphatic heterocycles. The van der Waals surface area contributed by atoms with Crippen LogP contribution in [0.25, 0.3) is 28.2 Å². The molecule has 2 aromatic heterocycles. The van der Waals surface area contributed by atoms with E-state index in [2.05, 4.69) is 110 Å². The summed E-state index contributed by atoms with van der Waals surface area (Å²) in [6.07, 6.45) is 4.06. The topological polar surface area (TPSA) is 17.8 Å². The Kier molecular flexibility index (Phi) is 5.35. The van der Waals surface area contributed by atoms with E-state index in [0.29, 0.717) is 11.8 Å². The third kappa shape index (κ3) is 3.75. The van der Waals surface area contributed by atoms with Crippen molar-refractivity contribution >= 4 is 0 Å². The Balaban J connectivity index is 1.98. The second-order valence-corrected chi connectivity index (χ2v) is 8.16. The summed E-state index contributed by atoms with van der Waals surface area (Å²) >= 11 is 0. The molecule has 0 atom stereocenters. The average Bonchev–Trinajstić information content (AvgIpc) is 3.23. The highest BCUT2D eigenvalue weighted by molar-refractivity contribution is 5.70. The van der Waals surface area contributed by atoms with E-state index in [4.69, 9.17) is 0 Å². The molecule has 146 valence electrons. The van der Waals surface area contributed by atoms with Gasteiger partial charge in [-0.2, -0.15) is 0 Å². The van der Waals surface area contributed by atoms with Crippen molar-refractivity contribution in [3.63, 3.8) is 0 Å². The van der Waals surface area contributed by atoms with Crippen LogP contribution >= 0.6 is 0 Å². The summed E-state index contributed by atoms with van der Waals surface area (Å²) in [6.45, 7) is 9.10. The molecular weight excluding hydrogens is 352 g/mol. The van der Waals surface area contributed by atoms with Crippen LogP contribution in [0.15, 0.2) is 85.2 Å². The maximum atomic E-state index is 4.60. The van der Waals surface area contributed by atoms with Crippen LogP contribution in [0.4, 0.5) is 0 Å². The van der Waals surface area contributed by atoms with Crippen LogP contribution in [0.1, 0.15) is 50.7 Å². The van der Waals surface area contributed by atoms with Gasteiger partial charge in [-0.3, -0.25) is 4.98 Å². The van der Waals surface area contributed by atoms with Gasteiger partial charge < -0.3 is 4.57 Å². The van der Waals surface area contributed by atoms with Gasteiger partial charge in [0.2, 0.25) is 0 Å². The van der Waals surface area contributed by atoms with Crippen molar-refractivity contribution in [2.45, 2.75) is 39.5 Å². The minimum absolute atomic E-state index is 0.400. The van der Waals surface area contributed by atoms with Crippen molar-refractivity contribution < 1.29 is 0 Å². The second-order valence-electron chi connectivity index (χ2n) is 8.16. The Morgan fingerprint density at radius 2 is 1.34 bits per heavy atom. The van der Waals surface area contributed by atoms with Crippen molar-refractivity contribution in [3.05, 3.63) is 96.3 Å². The first-order valence-corrected chi connectivity index (χ1v) is 10.4. The highest BCUT2D eigenvalue weighted by atomic mass is 15.0. The zero-order chi connectivity index (χ0) is 20.4. The summed E-state index contributed by atoms with van der Waals surface area (Å²) in [5, 5.41) is 0. The Labute approximate surface area is 173 Å². The second kappa shape index (κ2) is 8.08. The molecule has 4 rings (SSSR count). The van der Waals surface area contributed by atoms with Crippen molar-refractivity contribution in [2.24, 2.45) is 0 Å². The van der Waals surface area contributed by atoms with Crippen LogP contribution in [0.5, 0.6) is 0 Å². The summed E-state index contributed by atoms with van der Waals surface area (Å²) in [5.74, 6) is 0.800. The molecule has 4 aromatic rings. The lowest BCUT2D eigenvalue weighted by atomic mass is 9.89. The lowest BCUT2D eigenvalue weighted by Crippen LogP contribution is -2.08. The Morgan fingerprint density at radius 1 is 0.690 bits per heavy atom. The van der Waals surface area contributed by atoms with Gasteiger partial charge in [0.15, 0.2) is 0 Å². The summed E-state index contributed by atoms with van der Waals surface area (Å²) in [6, 6.07) is 25.7. The van der Waals surface area contributed by atoms with Crippen LogP contribution in [0.3, 0.4) is 0 Å². The molecule has 0 unspecified atom stereocenters. The zero-order valence-corrected chi connectivity index (χ0v) is 17.6. The number of benzene rings is 2. The van der Waals surface area contributed by atoms with E-state index in [0.717, 1.165) is 5.69 Å². The normalized spacial score (nSPS) is 11.4. The van der Waals surface area contributed by atoms with Crippen LogP contribution in [0, 0.1) is 0 Å². The largest absolute Gasteiger partial charge is 0.316 e. The van der Waals surface area contributed by atoms with Gasteiger partial charge in [-0.25, -0.2) is 0 Å². The monoisotopic (exact) mass is 380 g/mol. The summed E-state index contributed by atoms with van der Waals surface area (Å²) < 4.78 is 2.36. The molecule has 2 nitrogen and oxygen atoms in total. The van der Waals surface area contributed by atoms with Crippen molar-refractivity contribution in [1.29, 1.82) is 0 Å². The smallest absolute Gasteiger partial charge is 0.0702 e. The third-order valence-corrected chi connectivity index (χ3v) is 5.43. The van der Waals surface area contributed by atoms with Crippen molar-refractivity contribution in [3.8, 4) is 28.2 Å². The van der Waals surface area contributed by atoms with E-state index in [9.17, 15) is 0 Å². The van der Waals surface area contributed by atoms with E-state index >= 15 is 0 Å². The summed E-state index contributed by atoms with van der Waals surface area (Å²) in [5.41, 5.74) is 8.68. The minimum atomic E-state index is 0.400. The lowest BCUT2D eigenvalue weighted by Gasteiger charge is -2.24. The maximum absolute atomic E-state index is 4.60. The highest BCUT2D eigenvalue weighted by Gasteiger charge is 2.20. The number of pyridine rings is 1. The van der Waals surface area contributed by atoms with E-state index in [1.807, 2.05) is 12.3 Å². The van der Waals surface area contributed by atoms with Gasteiger partial charge >= 0.3 is 0 Å². The van der Waals surface area contributed by atoms with Gasteiger partial charge in [0.25, 0.3) is 0 Å². The molecule has 0 fully saturated rings. The quantitative estimate of drug-likeness (QED) is 0.351. The average molecular weight is 381 g/mol. The molecule has 2 aromatic carbocycles. The highest BCUT2D eigenvalue weighted by Crippen LogP contribution is 2.37. The van der Waals surface area contributed by atoms with Gasteiger partial charge in [-0.05, 0) is 64.9 Å². The number of hydrogen-bond acceptors (Lipinski definition) is 1. The fourth-order valence-electron chi connectivity index (χ4n) is 3.94. The zero-order valence-electron chi connectivity index (χ0n) is 17.6. The van der Waals surface area contributed by atoms with Gasteiger partial charge in [0, 0.05) is 18.0 Å². The third-order valence-electron chi connectivity index (χ3n) is 5.43. The molecule has 0 amide bonds. The first-order chi connectivity index (χ1) is 14.1. The minimum Gasteiger partial charge on any atom is -0.316 e. The SMILES string of the molecule is CC(C)c1cc(-c2ccccn2)cc(C(C)C)c1-n1cccc1-c1ccccc1. The van der Waals surface area contributed by atoms with Gasteiger partial charge in [0.05, 0.1) is 17.1 Å². The molecule has 2 heteroatoms. The Bertz CT molecular complexity index is 1060. The first-order valence-electron chi connectivity index (χ1n) is 10.4. The Morgan fingerprint density at radius 3 is 1.93 bits per heavy atom. The van der Waals surface area contributed by atoms with E-state index in [-0.39, 0.29) is 0 Å². The fourth-order valence-corrected chi connectivity index (χ4v) is 3.94. The molecule has 0 spiro atoms. The standard InChI is InChI=1S/C27H28N2/c1-19(2)23-17-22(25-13-8-9-15-28-25)18-24(20(3)4)27(23)29-16-10-14-26(29)21-11-6-5-7-12-21/h5-20H,1-4H3.